The van der Waals surface area contributed by atoms with E-state index in [4.69, 9.17) is 28.4 Å². The molecule has 13 N–H and O–H groups in total. The molecule has 0 radical (unpaired) electrons. The van der Waals surface area contributed by atoms with Crippen LogP contribution in [0.1, 0.15) is 0 Å². The van der Waals surface area contributed by atoms with E-state index in [2.05, 4.69) is 5.32 Å². The molecule has 246 valence electrons. The van der Waals surface area contributed by atoms with Gasteiger partial charge in [-0.1, -0.05) is 0 Å². The molecule has 0 amide bonds. The Hall–Kier alpha value is -0.760. The largest absolute Gasteiger partial charge is 0.394 e. The lowest BCUT2D eigenvalue weighted by Crippen LogP contribution is -2.67. The van der Waals surface area contributed by atoms with E-state index in [0.29, 0.717) is 0 Å². The average Bonchev–Trinajstić information content (AvgIpc) is 2.97. The SMILES string of the molecule is OC[C@H]1O[C@H](O[C@H]2[C@H](O)[C@@H](O)[C@@H](O[C@H]3[C@H](O)[C@@H](O)[C@@H](OC4[C@H](O)CNC[C@H]4O)O[C@@H]3CO)O[C@@H]2CO)[C@H](O)[C@@H](O)[C@@H]1O. The van der Waals surface area contributed by atoms with Crippen molar-refractivity contribution in [2.45, 2.75) is 110 Å². The number of rotatable bonds is 9. The first kappa shape index (κ1) is 34.1. The van der Waals surface area contributed by atoms with Crippen LogP contribution < -0.4 is 5.32 Å². The predicted octanol–water partition coefficient (Wildman–Crippen LogP) is -8.86. The van der Waals surface area contributed by atoms with Crippen LogP contribution in [0.2, 0.25) is 0 Å². The zero-order valence-electron chi connectivity index (χ0n) is 22.2. The second-order valence-corrected chi connectivity index (χ2v) is 10.7. The summed E-state index contributed by atoms with van der Waals surface area (Å²) in [6, 6.07) is 0. The van der Waals surface area contributed by atoms with Gasteiger partial charge in [0, 0.05) is 13.1 Å². The highest BCUT2D eigenvalue weighted by Gasteiger charge is 2.54. The lowest BCUT2D eigenvalue weighted by atomic mass is 9.96. The molecule has 0 unspecified atom stereocenters. The molecule has 4 aliphatic rings. The van der Waals surface area contributed by atoms with Crippen molar-refractivity contribution in [3.8, 4) is 0 Å². The van der Waals surface area contributed by atoms with Crippen molar-refractivity contribution in [2.24, 2.45) is 0 Å². The molecule has 17 atom stereocenters. The Morgan fingerprint density at radius 2 is 0.810 bits per heavy atom. The van der Waals surface area contributed by atoms with Crippen LogP contribution in [0.25, 0.3) is 0 Å². The number of aliphatic hydroxyl groups is 12. The van der Waals surface area contributed by atoms with Gasteiger partial charge < -0.3 is 95.0 Å². The van der Waals surface area contributed by atoms with Gasteiger partial charge in [-0.2, -0.15) is 0 Å². The highest BCUT2D eigenvalue weighted by molar-refractivity contribution is 4.97. The third kappa shape index (κ3) is 6.89. The fourth-order valence-electron chi connectivity index (χ4n) is 5.36. The van der Waals surface area contributed by atoms with Gasteiger partial charge in [0.25, 0.3) is 0 Å². The number of nitrogens with one attached hydrogen (secondary N) is 1. The van der Waals surface area contributed by atoms with E-state index in [0.717, 1.165) is 0 Å². The van der Waals surface area contributed by atoms with Crippen molar-refractivity contribution in [3.63, 3.8) is 0 Å². The standard InChI is InChI=1S/C23H41NO18/c25-3-8-11(30)12(31)15(34)21(37-8)41-19-10(5-27)39-23(17(36)14(19)33)42-20-9(4-26)38-22(16(35)13(20)32)40-18-6(28)1-24-2-7(18)29/h6-36H,1-5H2/t6-,7-,8-,9-,10-,11-,12+,13-,14-,15-,16-,17-,19-,20-,21-,22-,23-/m1/s1. The fraction of sp³-hybridized carbons (Fsp3) is 1.00. The van der Waals surface area contributed by atoms with Crippen LogP contribution in [-0.2, 0) is 28.4 Å². The molecule has 19 heteroatoms. The van der Waals surface area contributed by atoms with Crippen molar-refractivity contribution >= 4 is 0 Å². The monoisotopic (exact) mass is 619 g/mol. The molecule has 0 aliphatic carbocycles. The highest BCUT2D eigenvalue weighted by atomic mass is 16.8. The van der Waals surface area contributed by atoms with Gasteiger partial charge in [-0.15, -0.1) is 0 Å². The maximum absolute atomic E-state index is 10.8. The first-order valence-electron chi connectivity index (χ1n) is 13.5. The molecule has 19 nitrogen and oxygen atoms in total. The van der Waals surface area contributed by atoms with Gasteiger partial charge >= 0.3 is 0 Å². The highest BCUT2D eigenvalue weighted by Crippen LogP contribution is 2.33. The van der Waals surface area contributed by atoms with E-state index < -0.39 is 130 Å². The molecule has 0 aromatic carbocycles. The number of ether oxygens (including phenoxy) is 6. The van der Waals surface area contributed by atoms with E-state index in [-0.39, 0.29) is 13.1 Å². The molecule has 0 spiro atoms. The van der Waals surface area contributed by atoms with Crippen molar-refractivity contribution in [3.05, 3.63) is 0 Å². The summed E-state index contributed by atoms with van der Waals surface area (Å²) in [5.41, 5.74) is 0. The first-order valence-corrected chi connectivity index (χ1v) is 13.5. The number of hydrogen-bond acceptors (Lipinski definition) is 19. The van der Waals surface area contributed by atoms with Gasteiger partial charge in [-0.3, -0.25) is 0 Å². The molecule has 4 aliphatic heterocycles. The molecule has 42 heavy (non-hydrogen) atoms. The summed E-state index contributed by atoms with van der Waals surface area (Å²) in [7, 11) is 0. The first-order chi connectivity index (χ1) is 19.9. The van der Waals surface area contributed by atoms with E-state index in [1.54, 1.807) is 0 Å². The Morgan fingerprint density at radius 1 is 0.452 bits per heavy atom. The summed E-state index contributed by atoms with van der Waals surface area (Å²) in [6.45, 7) is -2.25. The predicted molar refractivity (Wildman–Crippen MR) is 129 cm³/mol. The van der Waals surface area contributed by atoms with Crippen molar-refractivity contribution in [2.75, 3.05) is 32.9 Å². The van der Waals surface area contributed by atoms with E-state index >= 15 is 0 Å². The van der Waals surface area contributed by atoms with Crippen LogP contribution in [0.15, 0.2) is 0 Å². The minimum atomic E-state index is -1.96. The molecule has 0 bridgehead atoms. The number of piperidine rings is 1. The minimum Gasteiger partial charge on any atom is -0.394 e. The van der Waals surface area contributed by atoms with E-state index in [1.165, 1.54) is 0 Å². The third-order valence-electron chi connectivity index (χ3n) is 7.83. The van der Waals surface area contributed by atoms with Gasteiger partial charge in [-0.05, 0) is 0 Å². The van der Waals surface area contributed by atoms with E-state index in [9.17, 15) is 61.3 Å². The number of hydrogen-bond donors (Lipinski definition) is 13. The van der Waals surface area contributed by atoms with Gasteiger partial charge in [0.1, 0.15) is 79.4 Å². The zero-order valence-corrected chi connectivity index (χ0v) is 22.2. The van der Waals surface area contributed by atoms with Gasteiger partial charge in [-0.25, -0.2) is 0 Å². The second kappa shape index (κ2) is 14.6. The lowest BCUT2D eigenvalue weighted by molar-refractivity contribution is -0.382. The molecule has 4 rings (SSSR count). The summed E-state index contributed by atoms with van der Waals surface area (Å²) in [4.78, 5) is 0. The normalized spacial score (nSPS) is 51.0. The van der Waals surface area contributed by atoms with E-state index in [1.807, 2.05) is 0 Å². The summed E-state index contributed by atoms with van der Waals surface area (Å²) in [6.07, 6.45) is -29.0. The topological polar surface area (TPSA) is 310 Å². The summed E-state index contributed by atoms with van der Waals surface area (Å²) in [5.74, 6) is 0. The van der Waals surface area contributed by atoms with Gasteiger partial charge in [0.2, 0.25) is 0 Å². The molecular weight excluding hydrogens is 578 g/mol. The minimum absolute atomic E-state index is 0.0780. The average molecular weight is 620 g/mol. The Bertz CT molecular complexity index is 829. The van der Waals surface area contributed by atoms with Crippen LogP contribution in [0.4, 0.5) is 0 Å². The van der Waals surface area contributed by atoms with Gasteiger partial charge in [0.15, 0.2) is 18.9 Å². The summed E-state index contributed by atoms with van der Waals surface area (Å²) >= 11 is 0. The lowest BCUT2D eigenvalue weighted by Gasteiger charge is -2.48. The molecule has 4 saturated heterocycles. The summed E-state index contributed by atoms with van der Waals surface area (Å²) in [5, 5.41) is 125. The molecular formula is C23H41NO18. The quantitative estimate of drug-likeness (QED) is 0.114. The van der Waals surface area contributed by atoms with Gasteiger partial charge in [0.05, 0.1) is 32.0 Å². The van der Waals surface area contributed by atoms with Crippen LogP contribution in [0.3, 0.4) is 0 Å². The zero-order chi connectivity index (χ0) is 30.9. The number of β-amino-alcohol motifs (C(OH)–C–C–N with tert-alkyl or cyclic N) is 2. The Balaban J connectivity index is 1.42. The maximum Gasteiger partial charge on any atom is 0.187 e. The Kier molecular flexibility index (Phi) is 11.8. The molecule has 0 saturated carbocycles. The fourth-order valence-corrected chi connectivity index (χ4v) is 5.36. The van der Waals surface area contributed by atoms with Crippen LogP contribution in [0.5, 0.6) is 0 Å². The molecule has 0 aromatic rings. The maximum atomic E-state index is 10.8. The number of aliphatic hydroxyl groups excluding tert-OH is 12. The second-order valence-electron chi connectivity index (χ2n) is 10.7. The Labute approximate surface area is 239 Å². The van der Waals surface area contributed by atoms with Crippen LogP contribution in [-0.4, -0.2) is 205 Å². The third-order valence-corrected chi connectivity index (χ3v) is 7.83. The summed E-state index contributed by atoms with van der Waals surface area (Å²) < 4.78 is 32.9. The van der Waals surface area contributed by atoms with Crippen LogP contribution >= 0.6 is 0 Å². The van der Waals surface area contributed by atoms with Crippen molar-refractivity contribution in [1.82, 2.24) is 5.32 Å². The van der Waals surface area contributed by atoms with Crippen molar-refractivity contribution in [1.29, 1.82) is 0 Å². The van der Waals surface area contributed by atoms with Crippen LogP contribution in [0, 0.1) is 0 Å². The smallest absolute Gasteiger partial charge is 0.187 e. The molecule has 0 aromatic heterocycles. The Morgan fingerprint density at radius 3 is 1.21 bits per heavy atom. The molecule has 4 fully saturated rings. The van der Waals surface area contributed by atoms with Crippen molar-refractivity contribution < 1.29 is 89.7 Å². The molecule has 4 heterocycles.